The van der Waals surface area contributed by atoms with Crippen molar-refractivity contribution in [1.82, 2.24) is 5.01 Å². The highest BCUT2D eigenvalue weighted by Crippen LogP contribution is 2.85. The smallest absolute Gasteiger partial charge is 0.327 e. The molecule has 0 N–H and O–H groups in total. The normalized spacial score (nSPS) is 22.6. The Balaban J connectivity index is 1.22. The van der Waals surface area contributed by atoms with Gasteiger partial charge in [0.05, 0.1) is 7.11 Å². The fraction of sp³-hybridized carbons (Fsp3) is 0.0635. The van der Waals surface area contributed by atoms with Crippen molar-refractivity contribution < 1.29 is 9.53 Å². The molecule has 0 saturated heterocycles. The molecule has 2 spiro atoms. The van der Waals surface area contributed by atoms with Gasteiger partial charge in [0, 0.05) is 22.3 Å². The second kappa shape index (κ2) is 5.46. The highest BCUT2D eigenvalue weighted by Gasteiger charge is 2.75. The molecular formula is C63H5N3O2. The van der Waals surface area contributed by atoms with E-state index in [4.69, 9.17) is 15.1 Å². The van der Waals surface area contributed by atoms with Crippen LogP contribution in [0.5, 0.6) is 0 Å². The first-order chi connectivity index (χ1) is 33.8. The van der Waals surface area contributed by atoms with E-state index in [2.05, 4.69) is 5.01 Å². The minimum Gasteiger partial charge on any atom is -0.468 e. The summed E-state index contributed by atoms with van der Waals surface area (Å²) in [6, 6.07) is 0. The minimum absolute atomic E-state index is 0.0546. The second-order valence-electron chi connectivity index (χ2n) is 24.5. The lowest BCUT2D eigenvalue weighted by Gasteiger charge is -2.49. The summed E-state index contributed by atoms with van der Waals surface area (Å²) >= 11 is 0. The van der Waals surface area contributed by atoms with Gasteiger partial charge in [-0.2, -0.15) is 5.11 Å². The van der Waals surface area contributed by atoms with Gasteiger partial charge in [0.1, 0.15) is 12.1 Å². The molecule has 0 fully saturated rings. The Bertz CT molecular complexity index is 7010. The lowest BCUT2D eigenvalue weighted by atomic mass is 9.58. The molecule has 5 heteroatoms. The van der Waals surface area contributed by atoms with Gasteiger partial charge in [0.25, 0.3) is 0 Å². The fourth-order valence-electron chi connectivity index (χ4n) is 24.3. The molecule has 1 aliphatic heterocycles. The Labute approximate surface area is 367 Å². The van der Waals surface area contributed by atoms with Crippen LogP contribution in [-0.2, 0) is 20.6 Å². The van der Waals surface area contributed by atoms with E-state index >= 15 is 0 Å². The SMILES string of the molecule is COC(=O)CN1N=NC23c4c5c6c7c8c9c(c%10c%11c2c2c4c4c%12c5c5c6c6c8c8c%13c9c9c%10c%10c%11c%11c2c2c4c4c%12c%12c5c5c6c8c6c8c%13c9c9c%10c%10c%11c2c2c4c4c%12c5c6c5c8c9c%10c2c45)C713. The number of carbonyl (C=O) groups is 1. The van der Waals surface area contributed by atoms with Crippen LogP contribution >= 0.6 is 0 Å². The Morgan fingerprint density at radius 2 is 0.485 bits per heavy atom. The van der Waals surface area contributed by atoms with E-state index in [1.165, 1.54) is 119 Å². The first-order valence-corrected chi connectivity index (χ1v) is 24.8. The predicted molar refractivity (Wildman–Crippen MR) is 277 cm³/mol. The van der Waals surface area contributed by atoms with Crippen LogP contribution in [0.1, 0.15) is 22.3 Å². The zero-order chi connectivity index (χ0) is 40.5. The van der Waals surface area contributed by atoms with Crippen LogP contribution in [0.4, 0.5) is 0 Å². The van der Waals surface area contributed by atoms with Crippen molar-refractivity contribution in [2.45, 2.75) is 11.1 Å². The van der Waals surface area contributed by atoms with Crippen molar-refractivity contribution in [3.63, 3.8) is 0 Å². The van der Waals surface area contributed by atoms with E-state index < -0.39 is 11.1 Å². The summed E-state index contributed by atoms with van der Waals surface area (Å²) in [4.78, 5) is 14.3. The number of carbonyl (C=O) groups excluding carboxylic acids is 1. The van der Waals surface area contributed by atoms with Gasteiger partial charge >= 0.3 is 5.97 Å². The number of rotatable bonds is 2. The number of hydrogen-bond donors (Lipinski definition) is 0. The summed E-state index contributed by atoms with van der Waals surface area (Å²) in [7, 11) is 1.55. The second-order valence-corrected chi connectivity index (χ2v) is 24.5. The molecule has 284 valence electrons. The van der Waals surface area contributed by atoms with Crippen molar-refractivity contribution >= 4 is 297 Å². The molecule has 1 heterocycles. The van der Waals surface area contributed by atoms with E-state index in [-0.39, 0.29) is 12.5 Å². The van der Waals surface area contributed by atoms with Crippen molar-refractivity contribution in [3.05, 3.63) is 22.3 Å². The Kier molecular flexibility index (Phi) is 1.99. The minimum atomic E-state index is -0.869. The zero-order valence-electron chi connectivity index (χ0n) is 34.4. The van der Waals surface area contributed by atoms with Gasteiger partial charge < -0.3 is 4.74 Å². The van der Waals surface area contributed by atoms with Crippen molar-refractivity contribution in [3.8, 4) is 0 Å². The van der Waals surface area contributed by atoms with Crippen molar-refractivity contribution in [2.75, 3.05) is 13.7 Å². The molecule has 0 radical (unpaired) electrons. The van der Waals surface area contributed by atoms with Crippen LogP contribution in [0, 0.1) is 0 Å². The van der Waals surface area contributed by atoms with E-state index in [0.717, 1.165) is 0 Å². The number of methoxy groups -OCH3 is 1. The van der Waals surface area contributed by atoms with Gasteiger partial charge in [-0.1, -0.05) is 5.22 Å². The summed E-state index contributed by atoms with van der Waals surface area (Å²) in [6.45, 7) is 0.0546. The van der Waals surface area contributed by atoms with Crippen molar-refractivity contribution in [1.29, 1.82) is 0 Å². The first kappa shape index (κ1) is 24.7. The number of benzene rings is 18. The average molecular weight is 836 g/mol. The molecule has 68 heavy (non-hydrogen) atoms. The third-order valence-electron chi connectivity index (χ3n) is 24.4. The van der Waals surface area contributed by atoms with E-state index in [1.54, 1.807) is 201 Å². The summed E-state index contributed by atoms with van der Waals surface area (Å²) < 4.78 is 5.71. The molecular weight excluding hydrogens is 831 g/mol. The Hall–Kier alpha value is -8.67. The topological polar surface area (TPSA) is 54.3 Å². The number of hydrogen-bond acceptors (Lipinski definition) is 5. The molecule has 28 aromatic rings. The molecule has 0 unspecified atom stereocenters. The number of nitrogens with zero attached hydrogens (tertiary/aromatic N) is 3. The molecule has 33 rings (SSSR count). The van der Waals surface area contributed by atoms with Crippen LogP contribution in [-0.4, -0.2) is 24.6 Å². The van der Waals surface area contributed by atoms with Gasteiger partial charge in [-0.15, -0.1) is 0 Å². The maximum Gasteiger partial charge on any atom is 0.327 e. The quantitative estimate of drug-likeness (QED) is 0.129. The lowest BCUT2D eigenvalue weighted by Crippen LogP contribution is -2.56. The van der Waals surface area contributed by atoms with Crippen LogP contribution in [0.3, 0.4) is 0 Å². The highest BCUT2D eigenvalue weighted by molar-refractivity contribution is 6.82. The highest BCUT2D eigenvalue weighted by atomic mass is 16.5. The third kappa shape index (κ3) is 1.24. The van der Waals surface area contributed by atoms with Gasteiger partial charge in [0.15, 0.2) is 5.54 Å². The molecule has 0 aromatic heterocycles. The predicted octanol–water partition coefficient (Wildman–Crippen LogP) is 16.1. The first-order valence-electron chi connectivity index (χ1n) is 24.8. The number of esters is 1. The van der Waals surface area contributed by atoms with Crippen LogP contribution in [0.25, 0.3) is 291 Å². The maximum absolute atomic E-state index is 14.3. The zero-order valence-corrected chi connectivity index (χ0v) is 34.4. The fourth-order valence-corrected chi connectivity index (χ4v) is 24.3. The van der Waals surface area contributed by atoms with Crippen LogP contribution in [0.2, 0.25) is 0 Å². The van der Waals surface area contributed by atoms with E-state index in [9.17, 15) is 4.79 Å². The molecule has 5 nitrogen and oxygen atoms in total. The van der Waals surface area contributed by atoms with Crippen LogP contribution in [0.15, 0.2) is 10.3 Å². The average Bonchev–Trinajstić information content (AvgIpc) is 4.30. The Morgan fingerprint density at radius 1 is 0.309 bits per heavy atom. The van der Waals surface area contributed by atoms with Gasteiger partial charge in [0.2, 0.25) is 0 Å². The maximum atomic E-state index is 14.3. The molecule has 4 aliphatic carbocycles. The van der Waals surface area contributed by atoms with Gasteiger partial charge in [-0.05, 0) is 291 Å². The Morgan fingerprint density at radius 3 is 0.676 bits per heavy atom. The molecule has 0 saturated carbocycles. The van der Waals surface area contributed by atoms with Crippen LogP contribution < -0.4 is 0 Å². The van der Waals surface area contributed by atoms with E-state index in [0.29, 0.717) is 0 Å². The number of ether oxygens (including phenoxy) is 1. The lowest BCUT2D eigenvalue weighted by molar-refractivity contribution is -0.143. The van der Waals surface area contributed by atoms with Crippen molar-refractivity contribution in [2.24, 2.45) is 10.3 Å². The largest absolute Gasteiger partial charge is 0.468 e. The summed E-state index contributed by atoms with van der Waals surface area (Å²) in [5, 5.41) is 97.5. The summed E-state index contributed by atoms with van der Waals surface area (Å²) in [5.41, 5.74) is 3.95. The standard InChI is InChI=1S/C63H5N3O2/c1-68-3(67)2-66-63-60-54-48-38-26-18-10-6-4-5-8-12(10)20(26)30-24-16(8)17-9(5)13-11-7(4)15-14(6)22-28(18)36-42-32(22)33-23(15)29-19(11)27-21(13)31-25(17)35-34(24)46(40(30)48)56(60)57-47(35)41(31)49-39(27)45-37(29)43(33)51-50(42)58(52(54)44(36)38)62(63,64-65-66)59(51)53(45)55(49)61(57)63/h2H2,1H3. The van der Waals surface area contributed by atoms with Gasteiger partial charge in [-0.3, -0.25) is 4.79 Å². The third-order valence-corrected chi connectivity index (χ3v) is 24.4. The monoisotopic (exact) mass is 835 g/mol. The molecule has 0 bridgehead atoms. The molecule has 5 aliphatic rings. The molecule has 28 aromatic carbocycles. The molecule has 0 atom stereocenters. The summed E-state index contributed by atoms with van der Waals surface area (Å²) in [5.74, 6) is -0.251. The van der Waals surface area contributed by atoms with Gasteiger partial charge in [-0.25, -0.2) is 5.01 Å². The van der Waals surface area contributed by atoms with E-state index in [1.807, 2.05) is 0 Å². The molecule has 0 amide bonds. The summed E-state index contributed by atoms with van der Waals surface area (Å²) in [6.07, 6.45) is 0.